The Morgan fingerprint density at radius 3 is 1.46 bits per heavy atom. The van der Waals surface area contributed by atoms with Gasteiger partial charge in [0.2, 0.25) is 0 Å². The second kappa shape index (κ2) is 14.1. The lowest BCUT2D eigenvalue weighted by Crippen LogP contribution is -2.10. The number of fused-ring (bicyclic) bond motifs is 6. The summed E-state index contributed by atoms with van der Waals surface area (Å²) in [7, 11) is 0. The van der Waals surface area contributed by atoms with Crippen LogP contribution in [0.3, 0.4) is 0 Å². The number of anilines is 3. The van der Waals surface area contributed by atoms with Gasteiger partial charge in [-0.25, -0.2) is 0 Å². The largest absolute Gasteiger partial charge is 0.308 e. The molecule has 0 radical (unpaired) electrons. The molecule has 0 spiro atoms. The molecule has 0 saturated carbocycles. The lowest BCUT2D eigenvalue weighted by atomic mass is 9.95. The lowest BCUT2D eigenvalue weighted by molar-refractivity contribution is 1.32. The quantitative estimate of drug-likeness (QED) is 0.156. The smallest absolute Gasteiger partial charge is 0.0640 e. The van der Waals surface area contributed by atoms with Crippen LogP contribution in [-0.4, -0.2) is 0 Å². The number of nitrogens with zero attached hydrogens (tertiary/aromatic N) is 1. The first kappa shape index (κ1) is 33.5. The fourth-order valence-corrected chi connectivity index (χ4v) is 10.9. The SMILES string of the molecule is c1ccc(-c2ccc(-c3ccc(N(c4cccc5c4sc4c(-c6ccccc6)ccc(-c6ccccc6)c45)c4cccc5sc6ccccc6c45)cc3)cc2)cc1. The molecule has 0 aliphatic rings. The summed E-state index contributed by atoms with van der Waals surface area (Å²) in [4.78, 5) is 2.51. The third-order valence-corrected chi connectivity index (χ3v) is 13.5. The second-order valence-electron chi connectivity index (χ2n) is 14.4. The number of thiophene rings is 2. The van der Waals surface area contributed by atoms with Gasteiger partial charge < -0.3 is 4.90 Å². The van der Waals surface area contributed by atoms with Crippen molar-refractivity contribution in [3.63, 3.8) is 0 Å². The summed E-state index contributed by atoms with van der Waals surface area (Å²) >= 11 is 3.77. The van der Waals surface area contributed by atoms with Gasteiger partial charge in [-0.2, -0.15) is 0 Å². The van der Waals surface area contributed by atoms with E-state index in [-0.39, 0.29) is 0 Å². The van der Waals surface area contributed by atoms with Crippen LogP contribution in [0.15, 0.2) is 212 Å². The predicted molar refractivity (Wildman–Crippen MR) is 249 cm³/mol. The number of hydrogen-bond donors (Lipinski definition) is 0. The highest BCUT2D eigenvalue weighted by Gasteiger charge is 2.23. The van der Waals surface area contributed by atoms with Crippen molar-refractivity contribution >= 4 is 80.1 Å². The minimum Gasteiger partial charge on any atom is -0.308 e. The van der Waals surface area contributed by atoms with E-state index in [0.29, 0.717) is 0 Å². The number of rotatable bonds is 7. The molecule has 11 rings (SSSR count). The molecule has 11 aromatic rings. The van der Waals surface area contributed by atoms with Crippen LogP contribution >= 0.6 is 22.7 Å². The maximum absolute atomic E-state index is 2.51. The van der Waals surface area contributed by atoms with E-state index >= 15 is 0 Å². The van der Waals surface area contributed by atoms with Crippen molar-refractivity contribution in [1.82, 2.24) is 0 Å². The zero-order valence-electron chi connectivity index (χ0n) is 31.0. The van der Waals surface area contributed by atoms with Gasteiger partial charge in [-0.05, 0) is 80.9 Å². The Morgan fingerprint density at radius 2 is 0.772 bits per heavy atom. The van der Waals surface area contributed by atoms with Crippen molar-refractivity contribution in [2.75, 3.05) is 4.90 Å². The predicted octanol–water partition coefficient (Wildman–Crippen LogP) is 16.6. The molecule has 9 aromatic carbocycles. The van der Waals surface area contributed by atoms with E-state index in [1.165, 1.54) is 96.2 Å². The van der Waals surface area contributed by atoms with Crippen molar-refractivity contribution in [3.8, 4) is 44.5 Å². The zero-order chi connectivity index (χ0) is 37.7. The molecule has 0 fully saturated rings. The van der Waals surface area contributed by atoms with Gasteiger partial charge >= 0.3 is 0 Å². The molecule has 0 amide bonds. The highest BCUT2D eigenvalue weighted by atomic mass is 32.1. The Labute approximate surface area is 340 Å². The van der Waals surface area contributed by atoms with Crippen LogP contribution in [0, 0.1) is 0 Å². The van der Waals surface area contributed by atoms with Gasteiger partial charge in [0, 0.05) is 41.3 Å². The fourth-order valence-electron chi connectivity index (χ4n) is 8.41. The fraction of sp³-hybridized carbons (Fsp3) is 0. The monoisotopic (exact) mass is 761 g/mol. The maximum atomic E-state index is 2.51. The van der Waals surface area contributed by atoms with E-state index in [9.17, 15) is 0 Å². The van der Waals surface area contributed by atoms with Crippen molar-refractivity contribution in [2.45, 2.75) is 0 Å². The van der Waals surface area contributed by atoms with Crippen molar-refractivity contribution in [1.29, 1.82) is 0 Å². The summed E-state index contributed by atoms with van der Waals surface area (Å²) in [6.45, 7) is 0. The van der Waals surface area contributed by atoms with Crippen LogP contribution in [0.2, 0.25) is 0 Å². The molecular formula is C54H35NS2. The van der Waals surface area contributed by atoms with Crippen LogP contribution in [0.4, 0.5) is 17.1 Å². The van der Waals surface area contributed by atoms with Crippen molar-refractivity contribution in [2.24, 2.45) is 0 Å². The Kier molecular flexibility index (Phi) is 8.28. The van der Waals surface area contributed by atoms with E-state index in [2.05, 4.69) is 217 Å². The van der Waals surface area contributed by atoms with Gasteiger partial charge in [0.15, 0.2) is 0 Å². The highest BCUT2D eigenvalue weighted by molar-refractivity contribution is 7.27. The van der Waals surface area contributed by atoms with Crippen LogP contribution in [0.25, 0.3) is 84.9 Å². The normalized spacial score (nSPS) is 11.5. The Hall–Kier alpha value is -6.78. The van der Waals surface area contributed by atoms with Gasteiger partial charge in [0.1, 0.15) is 0 Å². The minimum atomic E-state index is 1.12. The van der Waals surface area contributed by atoms with Gasteiger partial charge in [-0.1, -0.05) is 176 Å². The third kappa shape index (κ3) is 5.83. The van der Waals surface area contributed by atoms with Crippen LogP contribution in [0.5, 0.6) is 0 Å². The summed E-state index contributed by atoms with van der Waals surface area (Å²) in [5.41, 5.74) is 13.3. The molecular weight excluding hydrogens is 727 g/mol. The van der Waals surface area contributed by atoms with E-state index in [4.69, 9.17) is 0 Å². The molecule has 0 unspecified atom stereocenters. The topological polar surface area (TPSA) is 3.24 Å². The average Bonchev–Trinajstić information content (AvgIpc) is 3.88. The molecule has 0 aliphatic carbocycles. The lowest BCUT2D eigenvalue weighted by Gasteiger charge is -2.27. The summed E-state index contributed by atoms with van der Waals surface area (Å²) < 4.78 is 5.16. The molecule has 0 saturated heterocycles. The Bertz CT molecular complexity index is 3200. The Balaban J connectivity index is 1.14. The molecule has 3 heteroatoms. The average molecular weight is 762 g/mol. The number of benzene rings is 9. The molecule has 2 aromatic heterocycles. The molecule has 268 valence electrons. The number of hydrogen-bond acceptors (Lipinski definition) is 3. The van der Waals surface area contributed by atoms with Crippen LogP contribution < -0.4 is 4.90 Å². The molecule has 0 N–H and O–H groups in total. The van der Waals surface area contributed by atoms with E-state index < -0.39 is 0 Å². The first-order valence-corrected chi connectivity index (χ1v) is 21.0. The van der Waals surface area contributed by atoms with Gasteiger partial charge in [0.25, 0.3) is 0 Å². The highest BCUT2D eigenvalue weighted by Crippen LogP contribution is 2.51. The van der Waals surface area contributed by atoms with Crippen molar-refractivity contribution < 1.29 is 0 Å². The summed E-state index contributed by atoms with van der Waals surface area (Å²) in [6.07, 6.45) is 0. The molecule has 2 heterocycles. The Morgan fingerprint density at radius 1 is 0.281 bits per heavy atom. The summed E-state index contributed by atoms with van der Waals surface area (Å²) in [5.74, 6) is 0. The standard InChI is InChI=1S/C54H35NS2/c1-4-14-36(15-5-1)37-26-28-38(29-27-37)39-30-32-42(33-31-39)55(47-22-13-25-50-52(47)45-20-10-11-24-49(45)56-50)48-23-12-21-46-51-43(40-16-6-2-7-17-40)34-35-44(54(51)57-53(46)48)41-18-8-3-9-19-41/h1-35H. The third-order valence-electron chi connectivity index (χ3n) is 11.1. The summed E-state index contributed by atoms with van der Waals surface area (Å²) in [5, 5.41) is 5.14. The van der Waals surface area contributed by atoms with Crippen molar-refractivity contribution in [3.05, 3.63) is 212 Å². The van der Waals surface area contributed by atoms with E-state index in [1.807, 2.05) is 22.7 Å². The minimum absolute atomic E-state index is 1.12. The molecule has 0 aliphatic heterocycles. The van der Waals surface area contributed by atoms with E-state index in [0.717, 1.165) is 5.69 Å². The van der Waals surface area contributed by atoms with Crippen LogP contribution in [0.1, 0.15) is 0 Å². The first-order chi connectivity index (χ1) is 28.3. The second-order valence-corrected chi connectivity index (χ2v) is 16.5. The summed E-state index contributed by atoms with van der Waals surface area (Å²) in [6, 6.07) is 77.4. The van der Waals surface area contributed by atoms with Gasteiger partial charge in [0.05, 0.1) is 16.1 Å². The molecule has 0 atom stereocenters. The van der Waals surface area contributed by atoms with Gasteiger partial charge in [-0.15, -0.1) is 22.7 Å². The van der Waals surface area contributed by atoms with Gasteiger partial charge in [-0.3, -0.25) is 0 Å². The van der Waals surface area contributed by atoms with E-state index in [1.54, 1.807) is 0 Å². The maximum Gasteiger partial charge on any atom is 0.0640 e. The first-order valence-electron chi connectivity index (χ1n) is 19.3. The van der Waals surface area contributed by atoms with Crippen LogP contribution in [-0.2, 0) is 0 Å². The molecule has 0 bridgehead atoms. The molecule has 1 nitrogen and oxygen atoms in total. The molecule has 57 heavy (non-hydrogen) atoms. The zero-order valence-corrected chi connectivity index (χ0v) is 32.6.